The summed E-state index contributed by atoms with van der Waals surface area (Å²) in [6.45, 7) is -0.928. The Kier molecular flexibility index (Phi) is 6.64. The van der Waals surface area contributed by atoms with Crippen LogP contribution in [-0.2, 0) is 23.1 Å². The average molecular weight is 564 g/mol. The molecule has 208 valence electrons. The Morgan fingerprint density at radius 2 is 1.49 bits per heavy atom. The van der Waals surface area contributed by atoms with Crippen molar-refractivity contribution in [1.29, 1.82) is 0 Å². The number of aromatic nitrogens is 8. The van der Waals surface area contributed by atoms with Gasteiger partial charge in [-0.25, -0.2) is 34.5 Å². The highest BCUT2D eigenvalue weighted by atomic mass is 31.2. The van der Waals surface area contributed by atoms with Gasteiger partial charge in [-0.2, -0.15) is 0 Å². The molecule has 0 bridgehead atoms. The number of imidazole rings is 2. The molecule has 0 aliphatic carbocycles. The minimum absolute atomic E-state index is 0.0812. The molecule has 4 aromatic heterocycles. The normalized spacial score (nSPS) is 28.9. The van der Waals surface area contributed by atoms with E-state index in [1.54, 1.807) is 9.13 Å². The summed E-state index contributed by atoms with van der Waals surface area (Å²) in [5.74, 6) is 0.391. The fraction of sp³-hybridized carbons (Fsp3) is 0.500. The second-order valence-corrected chi connectivity index (χ2v) is 10.5. The van der Waals surface area contributed by atoms with Crippen molar-refractivity contribution in [3.8, 4) is 0 Å². The first-order chi connectivity index (χ1) is 18.7. The summed E-state index contributed by atoms with van der Waals surface area (Å²) in [4.78, 5) is 34.9. The number of anilines is 2. The summed E-state index contributed by atoms with van der Waals surface area (Å²) >= 11 is 0. The molecule has 0 spiro atoms. The average Bonchev–Trinajstić information content (AvgIpc) is 3.68. The molecule has 7 N–H and O–H groups in total. The lowest BCUT2D eigenvalue weighted by molar-refractivity contribution is -0.0554. The Labute approximate surface area is 219 Å². The van der Waals surface area contributed by atoms with Crippen molar-refractivity contribution in [2.45, 2.75) is 49.7 Å². The molecule has 7 atom stereocenters. The summed E-state index contributed by atoms with van der Waals surface area (Å²) in [5, 5.41) is 20.3. The largest absolute Gasteiger partial charge is 0.472 e. The second-order valence-electron chi connectivity index (χ2n) is 9.05. The molecule has 2 fully saturated rings. The van der Waals surface area contributed by atoms with E-state index >= 15 is 0 Å². The smallest absolute Gasteiger partial charge is 0.394 e. The van der Waals surface area contributed by atoms with Crippen LogP contribution in [0.1, 0.15) is 25.3 Å². The maximum absolute atomic E-state index is 12.8. The first-order valence-corrected chi connectivity index (χ1v) is 13.3. The molecule has 0 amide bonds. The molecule has 6 rings (SSSR count). The van der Waals surface area contributed by atoms with E-state index in [2.05, 4.69) is 29.9 Å². The van der Waals surface area contributed by atoms with Crippen LogP contribution in [0.4, 0.5) is 11.6 Å². The molecule has 2 aliphatic heterocycles. The second kappa shape index (κ2) is 10.00. The maximum atomic E-state index is 12.8. The number of aliphatic hydroxyl groups is 2. The molecule has 2 saturated heterocycles. The maximum Gasteiger partial charge on any atom is 0.472 e. The van der Waals surface area contributed by atoms with Gasteiger partial charge in [0, 0.05) is 12.8 Å². The number of hydrogen-bond donors (Lipinski definition) is 5. The molecule has 0 saturated carbocycles. The number of phosphoric acid groups is 1. The topological polar surface area (TPSA) is 254 Å². The molecule has 4 aromatic rings. The van der Waals surface area contributed by atoms with E-state index in [0.717, 1.165) is 0 Å². The predicted molar refractivity (Wildman–Crippen MR) is 130 cm³/mol. The van der Waals surface area contributed by atoms with Crippen LogP contribution in [0.15, 0.2) is 25.3 Å². The SMILES string of the molecule is Nc1ncnc2c1ncn2[C@H]1CC(O)[C@@H](COP(=O)(O)OC2C[C@H](n3cnc4c(N)ncnc43)O[C@@H]2CO)O1. The number of nitrogens with two attached hydrogens (primary N) is 2. The fourth-order valence-corrected chi connectivity index (χ4v) is 5.67. The van der Waals surface area contributed by atoms with E-state index in [9.17, 15) is 19.7 Å². The number of nitrogen functional groups attached to an aromatic ring is 2. The van der Waals surface area contributed by atoms with Crippen LogP contribution in [0.5, 0.6) is 0 Å². The van der Waals surface area contributed by atoms with Crippen LogP contribution in [0.25, 0.3) is 22.3 Å². The third-order valence-electron chi connectivity index (χ3n) is 6.63. The first kappa shape index (κ1) is 25.9. The van der Waals surface area contributed by atoms with Crippen LogP contribution in [0, 0.1) is 0 Å². The summed E-state index contributed by atoms with van der Waals surface area (Å²) in [5.41, 5.74) is 13.2. The van der Waals surface area contributed by atoms with Gasteiger partial charge in [-0.1, -0.05) is 0 Å². The van der Waals surface area contributed by atoms with Crippen LogP contribution in [0.2, 0.25) is 0 Å². The highest BCUT2D eigenvalue weighted by Crippen LogP contribution is 2.49. The van der Waals surface area contributed by atoms with Crippen LogP contribution in [-0.4, -0.2) is 91.8 Å². The van der Waals surface area contributed by atoms with Crippen molar-refractivity contribution in [3.63, 3.8) is 0 Å². The van der Waals surface area contributed by atoms with Crippen molar-refractivity contribution in [2.24, 2.45) is 0 Å². The fourth-order valence-electron chi connectivity index (χ4n) is 4.71. The van der Waals surface area contributed by atoms with Gasteiger partial charge >= 0.3 is 7.82 Å². The molecular weight excluding hydrogens is 539 g/mol. The van der Waals surface area contributed by atoms with E-state index in [4.69, 9.17) is 30.0 Å². The van der Waals surface area contributed by atoms with Gasteiger partial charge in [0.2, 0.25) is 0 Å². The third kappa shape index (κ3) is 4.81. The minimum atomic E-state index is -4.66. The van der Waals surface area contributed by atoms with E-state index < -0.39 is 57.9 Å². The lowest BCUT2D eigenvalue weighted by Gasteiger charge is -2.21. The highest BCUT2D eigenvalue weighted by Gasteiger charge is 2.43. The van der Waals surface area contributed by atoms with Crippen molar-refractivity contribution in [2.75, 3.05) is 24.7 Å². The van der Waals surface area contributed by atoms with Crippen LogP contribution in [0.3, 0.4) is 0 Å². The Morgan fingerprint density at radius 1 is 0.923 bits per heavy atom. The molecule has 39 heavy (non-hydrogen) atoms. The van der Waals surface area contributed by atoms with Crippen molar-refractivity contribution < 1.29 is 38.2 Å². The summed E-state index contributed by atoms with van der Waals surface area (Å²) in [6.07, 6.45) is 0.436. The molecule has 19 heteroatoms. The highest BCUT2D eigenvalue weighted by molar-refractivity contribution is 7.47. The molecular formula is C20H25N10O8P. The Bertz CT molecular complexity index is 1550. The van der Waals surface area contributed by atoms with Gasteiger partial charge in [-0.15, -0.1) is 0 Å². The van der Waals surface area contributed by atoms with Crippen molar-refractivity contribution >= 4 is 41.8 Å². The molecule has 18 nitrogen and oxygen atoms in total. The van der Waals surface area contributed by atoms with E-state index in [1.807, 2.05) is 0 Å². The van der Waals surface area contributed by atoms with Gasteiger partial charge in [0.15, 0.2) is 22.9 Å². The summed E-state index contributed by atoms with van der Waals surface area (Å²) < 4.78 is 38.2. The summed E-state index contributed by atoms with van der Waals surface area (Å²) in [6, 6.07) is 0. The molecule has 0 aromatic carbocycles. The lowest BCUT2D eigenvalue weighted by Crippen LogP contribution is -2.29. The van der Waals surface area contributed by atoms with Gasteiger partial charge in [0.05, 0.1) is 32.0 Å². The van der Waals surface area contributed by atoms with E-state index in [1.165, 1.54) is 25.3 Å². The van der Waals surface area contributed by atoms with Gasteiger partial charge in [0.25, 0.3) is 0 Å². The van der Waals surface area contributed by atoms with Gasteiger partial charge in [-0.3, -0.25) is 18.2 Å². The molecule has 6 heterocycles. The zero-order valence-electron chi connectivity index (χ0n) is 20.2. The summed E-state index contributed by atoms with van der Waals surface area (Å²) in [7, 11) is -4.66. The zero-order valence-corrected chi connectivity index (χ0v) is 21.1. The van der Waals surface area contributed by atoms with Gasteiger partial charge < -0.3 is 36.0 Å². The molecule has 0 radical (unpaired) electrons. The lowest BCUT2D eigenvalue weighted by atomic mass is 10.2. The van der Waals surface area contributed by atoms with Crippen molar-refractivity contribution in [3.05, 3.63) is 25.3 Å². The van der Waals surface area contributed by atoms with Crippen LogP contribution >= 0.6 is 7.82 Å². The number of phosphoric ester groups is 1. The Balaban J connectivity index is 1.09. The van der Waals surface area contributed by atoms with Gasteiger partial charge in [0.1, 0.15) is 54.5 Å². The minimum Gasteiger partial charge on any atom is -0.394 e. The molecule has 3 unspecified atom stereocenters. The standard InChI is InChI=1S/C20H25N10O8P/c21-17-15-19(25-5-23-17)29(7-27-15)13-1-9(32)12(37-13)4-35-39(33,34)38-10-2-14(36-11(10)3-31)30-8-28-16-18(22)24-6-26-20(16)30/h5-14,31-32H,1-4H2,(H,33,34)(H2,21,23,25)(H2,22,24,26)/t9?,10?,11-,12-,13-,14-/m1/s1. The number of rotatable bonds is 8. The molecule has 2 aliphatic rings. The first-order valence-electron chi connectivity index (χ1n) is 11.9. The zero-order chi connectivity index (χ0) is 27.3. The quantitative estimate of drug-likeness (QED) is 0.165. The van der Waals surface area contributed by atoms with Gasteiger partial charge in [-0.05, 0) is 0 Å². The number of hydrogen-bond acceptors (Lipinski definition) is 15. The van der Waals surface area contributed by atoms with Crippen LogP contribution < -0.4 is 11.5 Å². The monoisotopic (exact) mass is 564 g/mol. The predicted octanol–water partition coefficient (Wildman–Crippen LogP) is -0.739. The Hall–Kier alpha value is -3.35. The number of aliphatic hydroxyl groups excluding tert-OH is 2. The third-order valence-corrected chi connectivity index (χ3v) is 7.64. The van der Waals surface area contributed by atoms with E-state index in [-0.39, 0.29) is 24.5 Å². The number of ether oxygens (including phenoxy) is 2. The van der Waals surface area contributed by atoms with Crippen molar-refractivity contribution in [1.82, 2.24) is 39.0 Å². The number of fused-ring (bicyclic) bond motifs is 2. The number of nitrogens with zero attached hydrogens (tertiary/aromatic N) is 8. The van der Waals surface area contributed by atoms with E-state index in [0.29, 0.717) is 22.3 Å². The Morgan fingerprint density at radius 3 is 2.08 bits per heavy atom.